The molecule has 0 bridgehead atoms. The number of thiophene rings is 1. The monoisotopic (exact) mass is 978 g/mol. The summed E-state index contributed by atoms with van der Waals surface area (Å²) in [7, 11) is -5.69. The van der Waals surface area contributed by atoms with Crippen molar-refractivity contribution >= 4 is 145 Å². The Labute approximate surface area is 431 Å². The van der Waals surface area contributed by atoms with E-state index in [1.807, 2.05) is 11.3 Å². The van der Waals surface area contributed by atoms with Gasteiger partial charge in [-0.05, 0) is 124 Å². The normalized spacial score (nSPS) is 14.2. The molecule has 0 saturated heterocycles. The predicted octanol–water partition coefficient (Wildman–Crippen LogP) is 12.7. The molecule has 5 heteroatoms. The van der Waals surface area contributed by atoms with Gasteiger partial charge in [-0.2, -0.15) is 0 Å². The van der Waals surface area contributed by atoms with Crippen LogP contribution in [-0.2, 0) is 0 Å². The fourth-order valence-electron chi connectivity index (χ4n) is 12.9. The van der Waals surface area contributed by atoms with Crippen molar-refractivity contribution in [2.24, 2.45) is 0 Å². The molecule has 13 aromatic rings. The van der Waals surface area contributed by atoms with Crippen molar-refractivity contribution in [2.75, 3.05) is 9.80 Å². The van der Waals surface area contributed by atoms with Gasteiger partial charge in [0.05, 0.1) is 0 Å². The summed E-state index contributed by atoms with van der Waals surface area (Å²) in [4.78, 5) is 5.09. The summed E-state index contributed by atoms with van der Waals surface area (Å²) < 4.78 is 2.56. The van der Waals surface area contributed by atoms with Crippen molar-refractivity contribution in [3.8, 4) is 0 Å². The lowest BCUT2D eigenvalue weighted by Gasteiger charge is -2.45. The first-order valence-corrected chi connectivity index (χ1v) is 30.1. The molecule has 0 unspecified atom stereocenters. The first-order chi connectivity index (χ1) is 36.2. The third kappa shape index (κ3) is 6.14. The van der Waals surface area contributed by atoms with Gasteiger partial charge < -0.3 is 9.80 Å². The summed E-state index contributed by atoms with van der Waals surface area (Å²) in [5.74, 6) is 0. The summed E-state index contributed by atoms with van der Waals surface area (Å²) in [6.07, 6.45) is 0. The number of hydrogen-bond acceptors (Lipinski definition) is 3. The first-order valence-electron chi connectivity index (χ1n) is 25.2. The first kappa shape index (κ1) is 42.1. The molecule has 73 heavy (non-hydrogen) atoms. The van der Waals surface area contributed by atoms with Crippen LogP contribution in [0.1, 0.15) is 0 Å². The molecule has 0 fully saturated rings. The van der Waals surface area contributed by atoms with Crippen LogP contribution in [-0.4, -0.2) is 16.1 Å². The molecule has 342 valence electrons. The Bertz CT molecular complexity index is 3950. The summed E-state index contributed by atoms with van der Waals surface area (Å²) in [6.45, 7) is 0. The van der Waals surface area contributed by atoms with E-state index in [4.69, 9.17) is 0 Å². The largest absolute Gasteiger partial charge is 0.311 e. The van der Waals surface area contributed by atoms with E-state index in [1.54, 1.807) is 0 Å². The van der Waals surface area contributed by atoms with Gasteiger partial charge in [-0.1, -0.05) is 218 Å². The van der Waals surface area contributed by atoms with Gasteiger partial charge in [-0.25, -0.2) is 0 Å². The minimum atomic E-state index is -2.85. The molecule has 0 aliphatic carbocycles. The fraction of sp³-hybridized carbons (Fsp3) is 0. The summed E-state index contributed by atoms with van der Waals surface area (Å²) in [5.41, 5.74) is 7.28. The molecular weight excluding hydrogens is 933 g/mol. The molecule has 15 rings (SSSR count). The van der Waals surface area contributed by atoms with E-state index in [0.29, 0.717) is 0 Å². The van der Waals surface area contributed by atoms with E-state index in [2.05, 4.69) is 289 Å². The van der Waals surface area contributed by atoms with Crippen molar-refractivity contribution in [3.05, 3.63) is 279 Å². The van der Waals surface area contributed by atoms with Gasteiger partial charge in [-0.15, -0.1) is 11.3 Å². The summed E-state index contributed by atoms with van der Waals surface area (Å²) in [5, 5.41) is 18.8. The number of nitrogens with zero attached hydrogens (tertiary/aromatic N) is 2. The quantitative estimate of drug-likeness (QED) is 0.153. The van der Waals surface area contributed by atoms with Crippen molar-refractivity contribution in [1.29, 1.82) is 0 Å². The Kier molecular flexibility index (Phi) is 9.51. The zero-order valence-electron chi connectivity index (χ0n) is 39.9. The lowest BCUT2D eigenvalue weighted by Crippen LogP contribution is -2.77. The highest BCUT2D eigenvalue weighted by molar-refractivity contribution is 7.26. The number of benzene rings is 12. The molecule has 0 spiro atoms. The van der Waals surface area contributed by atoms with Crippen molar-refractivity contribution < 1.29 is 0 Å². The van der Waals surface area contributed by atoms with E-state index < -0.39 is 16.1 Å². The molecule has 0 N–H and O–H groups in total. The van der Waals surface area contributed by atoms with Gasteiger partial charge in [0.15, 0.2) is 16.1 Å². The van der Waals surface area contributed by atoms with Gasteiger partial charge in [0.1, 0.15) is 0 Å². The van der Waals surface area contributed by atoms with Crippen LogP contribution in [0.25, 0.3) is 41.7 Å². The van der Waals surface area contributed by atoms with Crippen molar-refractivity contribution in [3.63, 3.8) is 0 Å². The number of para-hydroxylation sites is 4. The second-order valence-electron chi connectivity index (χ2n) is 19.6. The average molecular weight is 979 g/mol. The minimum Gasteiger partial charge on any atom is -0.311 e. The molecule has 0 amide bonds. The van der Waals surface area contributed by atoms with E-state index >= 15 is 0 Å². The second-order valence-corrected chi connectivity index (χ2v) is 28.1. The summed E-state index contributed by atoms with van der Waals surface area (Å²) >= 11 is 1.88. The molecule has 1 aromatic heterocycles. The van der Waals surface area contributed by atoms with Gasteiger partial charge in [-0.3, -0.25) is 0 Å². The van der Waals surface area contributed by atoms with Gasteiger partial charge in [0.2, 0.25) is 0 Å². The van der Waals surface area contributed by atoms with E-state index in [9.17, 15) is 0 Å². The molecule has 2 aliphatic rings. The predicted molar refractivity (Wildman–Crippen MR) is 318 cm³/mol. The lowest BCUT2D eigenvalue weighted by atomic mass is 10.1. The molecule has 12 aromatic carbocycles. The zero-order chi connectivity index (χ0) is 48.1. The van der Waals surface area contributed by atoms with Crippen LogP contribution in [0.3, 0.4) is 0 Å². The van der Waals surface area contributed by atoms with Crippen molar-refractivity contribution in [2.45, 2.75) is 0 Å². The topological polar surface area (TPSA) is 6.48 Å². The number of fused-ring (bicyclic) bond motifs is 9. The van der Waals surface area contributed by atoms with Gasteiger partial charge in [0, 0.05) is 54.3 Å². The maximum Gasteiger partial charge on any atom is 0.184 e. The Morgan fingerprint density at radius 3 is 0.959 bits per heavy atom. The third-order valence-electron chi connectivity index (χ3n) is 15.9. The molecule has 2 nitrogen and oxygen atoms in total. The highest BCUT2D eigenvalue weighted by Gasteiger charge is 2.50. The van der Waals surface area contributed by atoms with Gasteiger partial charge in [0.25, 0.3) is 0 Å². The Morgan fingerprint density at radius 2 is 0.575 bits per heavy atom. The Balaban J connectivity index is 0.918. The SMILES string of the molecule is c1ccc([Si]2(c3ccc4ccccc4c3)c3ccccc3N(c3ccc4sc5ccc(N6c7ccccc7[Si](c7ccccc7)(c7ccc8ccccc8c7)c7ccccc76)cc5c4c3)c3ccccc32)cc1. The van der Waals surface area contributed by atoms with Crippen LogP contribution in [0, 0.1) is 0 Å². The Hall–Kier alpha value is -8.59. The van der Waals surface area contributed by atoms with Crippen LogP contribution in [0.15, 0.2) is 279 Å². The lowest BCUT2D eigenvalue weighted by molar-refractivity contribution is 1.29. The van der Waals surface area contributed by atoms with Crippen molar-refractivity contribution in [1.82, 2.24) is 0 Å². The van der Waals surface area contributed by atoms with E-state index in [0.717, 1.165) is 11.4 Å². The molecular formula is C68H46N2SSi2. The van der Waals surface area contributed by atoms with Crippen LogP contribution in [0.5, 0.6) is 0 Å². The minimum absolute atomic E-state index is 1.16. The van der Waals surface area contributed by atoms with Crippen LogP contribution < -0.4 is 51.3 Å². The molecule has 2 aliphatic heterocycles. The molecule has 3 heterocycles. The third-order valence-corrected chi connectivity index (χ3v) is 26.8. The molecule has 0 saturated carbocycles. The average Bonchev–Trinajstić information content (AvgIpc) is 3.86. The van der Waals surface area contributed by atoms with Crippen LogP contribution >= 0.6 is 11.3 Å². The number of hydrogen-bond donors (Lipinski definition) is 0. The molecule has 0 radical (unpaired) electrons. The zero-order valence-corrected chi connectivity index (χ0v) is 42.7. The maximum atomic E-state index is 2.55. The van der Waals surface area contributed by atoms with Gasteiger partial charge >= 0.3 is 0 Å². The smallest absolute Gasteiger partial charge is 0.184 e. The summed E-state index contributed by atoms with van der Waals surface area (Å²) in [6, 6.07) is 106. The highest BCUT2D eigenvalue weighted by atomic mass is 32.1. The maximum absolute atomic E-state index is 2.85. The standard InChI is InChI=1S/C68H46N2SSi2/c1-3-23-53(24-4-1)72(55-39-35-47-19-7-9-21-49(47)43-55)65-31-15-11-27-59(65)69(60-28-12-16-32-66(60)72)51-37-41-63-57(45-51)58-46-52(38-42-64(58)71-63)70-61-29-13-17-33-67(61)73(54-25-5-2-6-26-54,68-34-18-14-30-62(68)70)56-40-36-48-20-8-10-22-50(48)44-56/h1-46H. The number of anilines is 6. The van der Waals surface area contributed by atoms with Crippen LogP contribution in [0.4, 0.5) is 34.1 Å². The van der Waals surface area contributed by atoms with E-state index in [1.165, 1.54) is 106 Å². The fourth-order valence-corrected chi connectivity index (χ4v) is 24.2. The van der Waals surface area contributed by atoms with Crippen LogP contribution in [0.2, 0.25) is 0 Å². The Morgan fingerprint density at radius 1 is 0.247 bits per heavy atom. The highest BCUT2D eigenvalue weighted by Crippen LogP contribution is 2.45. The number of rotatable bonds is 6. The second kappa shape index (κ2) is 16.5. The van der Waals surface area contributed by atoms with E-state index in [-0.39, 0.29) is 0 Å². The molecule has 0 atom stereocenters.